The molecule has 152 valence electrons. The Labute approximate surface area is 157 Å². The number of nitrogens with one attached hydrogen (secondary N) is 1. The first-order valence-electron chi connectivity index (χ1n) is 9.24. The van der Waals surface area contributed by atoms with E-state index in [1.807, 2.05) is 0 Å². The Hall–Kier alpha value is -1.29. The molecule has 2 aliphatic rings. The van der Waals surface area contributed by atoms with E-state index in [1.165, 1.54) is 16.8 Å². The standard InChI is InChI=1S/C16H26N3O7P/c20-11-15-23-12-14(26-15)19-8-7-13(17-16(19)21)18-27(22)24-9-5-3-1-2-4-6-10-25-27/h7-8,14-15,20H,1-6,9-12H2,(H,17,18,21,22). The molecule has 27 heavy (non-hydrogen) atoms. The van der Waals surface area contributed by atoms with Crippen LogP contribution in [0, 0.1) is 0 Å². The summed E-state index contributed by atoms with van der Waals surface area (Å²) in [7, 11) is -3.60. The van der Waals surface area contributed by atoms with Gasteiger partial charge >= 0.3 is 13.4 Å². The van der Waals surface area contributed by atoms with Gasteiger partial charge in [-0.15, -0.1) is 0 Å². The molecule has 2 atom stereocenters. The van der Waals surface area contributed by atoms with E-state index in [1.54, 1.807) is 0 Å². The second kappa shape index (κ2) is 9.77. The SMILES string of the molecule is O=c1nc(NP2(=O)OCCCCCCCCO2)ccn1C1COC(CO)O1. The molecule has 3 heterocycles. The summed E-state index contributed by atoms with van der Waals surface area (Å²) in [6.07, 6.45) is 5.94. The van der Waals surface area contributed by atoms with Crippen LogP contribution in [0.25, 0.3) is 0 Å². The van der Waals surface area contributed by atoms with Crippen LogP contribution < -0.4 is 10.8 Å². The van der Waals surface area contributed by atoms with E-state index in [-0.39, 0.29) is 19.0 Å². The molecule has 0 amide bonds. The third-order valence-electron chi connectivity index (χ3n) is 4.34. The smallest absolute Gasteiger partial charge is 0.391 e. The van der Waals surface area contributed by atoms with Crippen molar-refractivity contribution in [2.24, 2.45) is 0 Å². The molecular formula is C16H26N3O7P. The zero-order valence-electron chi connectivity index (χ0n) is 15.1. The van der Waals surface area contributed by atoms with Gasteiger partial charge in [0.15, 0.2) is 12.5 Å². The van der Waals surface area contributed by atoms with Gasteiger partial charge in [-0.2, -0.15) is 4.98 Å². The molecule has 0 radical (unpaired) electrons. The van der Waals surface area contributed by atoms with Gasteiger partial charge in [-0.05, 0) is 18.9 Å². The molecule has 3 rings (SSSR count). The first kappa shape index (κ1) is 20.4. The minimum absolute atomic E-state index is 0.104. The molecule has 2 fully saturated rings. The van der Waals surface area contributed by atoms with Crippen molar-refractivity contribution in [1.82, 2.24) is 9.55 Å². The summed E-state index contributed by atoms with van der Waals surface area (Å²) in [5.74, 6) is 0.104. The van der Waals surface area contributed by atoms with E-state index in [0.717, 1.165) is 38.5 Å². The predicted molar refractivity (Wildman–Crippen MR) is 96.3 cm³/mol. The lowest BCUT2D eigenvalue weighted by molar-refractivity contribution is -0.0992. The zero-order chi connectivity index (χ0) is 19.1. The van der Waals surface area contributed by atoms with Crippen LogP contribution in [0.3, 0.4) is 0 Å². The molecule has 11 heteroatoms. The Balaban J connectivity index is 1.67. The molecule has 0 aliphatic carbocycles. The van der Waals surface area contributed by atoms with E-state index in [0.29, 0.717) is 13.2 Å². The van der Waals surface area contributed by atoms with Gasteiger partial charge in [-0.25, -0.2) is 9.36 Å². The first-order chi connectivity index (χ1) is 13.1. The molecule has 0 spiro atoms. The highest BCUT2D eigenvalue weighted by Gasteiger charge is 2.29. The maximum absolute atomic E-state index is 12.9. The third kappa shape index (κ3) is 5.84. The molecule has 2 saturated heterocycles. The van der Waals surface area contributed by atoms with Crippen LogP contribution in [0.15, 0.2) is 17.1 Å². The highest BCUT2D eigenvalue weighted by atomic mass is 31.2. The van der Waals surface area contributed by atoms with Gasteiger partial charge in [0.25, 0.3) is 0 Å². The van der Waals surface area contributed by atoms with Crippen LogP contribution in [0.1, 0.15) is 44.8 Å². The molecule has 2 aliphatic heterocycles. The summed E-state index contributed by atoms with van der Waals surface area (Å²) in [4.78, 5) is 16.2. The van der Waals surface area contributed by atoms with E-state index in [4.69, 9.17) is 23.6 Å². The minimum atomic E-state index is -3.60. The highest BCUT2D eigenvalue weighted by Crippen LogP contribution is 2.48. The Bertz CT molecular complexity index is 697. The normalized spacial score (nSPS) is 27.0. The van der Waals surface area contributed by atoms with E-state index in [9.17, 15) is 9.36 Å². The van der Waals surface area contributed by atoms with Gasteiger partial charge in [0.2, 0.25) is 0 Å². The van der Waals surface area contributed by atoms with Crippen molar-refractivity contribution in [2.75, 3.05) is 31.5 Å². The van der Waals surface area contributed by atoms with Crippen LogP contribution in [-0.2, 0) is 23.1 Å². The predicted octanol–water partition coefficient (Wildman–Crippen LogP) is 2.01. The lowest BCUT2D eigenvalue weighted by Gasteiger charge is -2.19. The number of hydrogen-bond acceptors (Lipinski definition) is 8. The summed E-state index contributed by atoms with van der Waals surface area (Å²) in [6, 6.07) is 1.49. The molecule has 2 unspecified atom stereocenters. The number of nitrogens with zero attached hydrogens (tertiary/aromatic N) is 2. The fraction of sp³-hybridized carbons (Fsp3) is 0.750. The average Bonchev–Trinajstić information content (AvgIpc) is 3.10. The average molecular weight is 403 g/mol. The topological polar surface area (TPSA) is 121 Å². The summed E-state index contributed by atoms with van der Waals surface area (Å²) in [5, 5.41) is 11.7. The fourth-order valence-corrected chi connectivity index (χ4v) is 4.25. The number of aliphatic hydroxyl groups is 1. The molecule has 2 N–H and O–H groups in total. The van der Waals surface area contributed by atoms with Gasteiger partial charge in [0.05, 0.1) is 26.4 Å². The zero-order valence-corrected chi connectivity index (χ0v) is 16.0. The van der Waals surface area contributed by atoms with Crippen LogP contribution >= 0.6 is 7.75 Å². The number of aliphatic hydroxyl groups excluding tert-OH is 1. The van der Waals surface area contributed by atoms with E-state index >= 15 is 0 Å². The van der Waals surface area contributed by atoms with Crippen LogP contribution in [-0.4, -0.2) is 47.4 Å². The number of ether oxygens (including phenoxy) is 2. The first-order valence-corrected chi connectivity index (χ1v) is 10.8. The van der Waals surface area contributed by atoms with Crippen molar-refractivity contribution in [2.45, 2.75) is 51.0 Å². The second-order valence-corrected chi connectivity index (χ2v) is 8.17. The Morgan fingerprint density at radius 1 is 1.19 bits per heavy atom. The fourth-order valence-electron chi connectivity index (χ4n) is 2.90. The van der Waals surface area contributed by atoms with Crippen LogP contribution in [0.5, 0.6) is 0 Å². The summed E-state index contributed by atoms with van der Waals surface area (Å²) >= 11 is 0. The number of aromatic nitrogens is 2. The summed E-state index contributed by atoms with van der Waals surface area (Å²) in [6.45, 7) is 0.467. The Morgan fingerprint density at radius 3 is 2.44 bits per heavy atom. The minimum Gasteiger partial charge on any atom is -0.391 e. The van der Waals surface area contributed by atoms with Crippen molar-refractivity contribution >= 4 is 13.6 Å². The number of anilines is 1. The highest BCUT2D eigenvalue weighted by molar-refractivity contribution is 7.55. The molecule has 10 nitrogen and oxygen atoms in total. The van der Waals surface area contributed by atoms with Crippen molar-refractivity contribution in [3.63, 3.8) is 0 Å². The van der Waals surface area contributed by atoms with Crippen molar-refractivity contribution < 1.29 is 28.2 Å². The van der Waals surface area contributed by atoms with E-state index in [2.05, 4.69) is 10.1 Å². The number of hydrogen-bond donors (Lipinski definition) is 2. The Kier molecular flexibility index (Phi) is 7.40. The van der Waals surface area contributed by atoms with Crippen molar-refractivity contribution in [3.8, 4) is 0 Å². The lowest BCUT2D eigenvalue weighted by Crippen LogP contribution is -2.28. The van der Waals surface area contributed by atoms with Crippen LogP contribution in [0.4, 0.5) is 5.82 Å². The molecule has 1 aromatic rings. The van der Waals surface area contributed by atoms with Crippen molar-refractivity contribution in [1.29, 1.82) is 0 Å². The quantitative estimate of drug-likeness (QED) is 0.727. The monoisotopic (exact) mass is 403 g/mol. The van der Waals surface area contributed by atoms with Gasteiger partial charge < -0.3 is 14.6 Å². The second-order valence-electron chi connectivity index (χ2n) is 6.44. The Morgan fingerprint density at radius 2 is 1.85 bits per heavy atom. The molecule has 0 aromatic carbocycles. The third-order valence-corrected chi connectivity index (χ3v) is 5.88. The van der Waals surface area contributed by atoms with Gasteiger partial charge in [0, 0.05) is 6.20 Å². The summed E-state index contributed by atoms with van der Waals surface area (Å²) in [5.41, 5.74) is -0.600. The maximum atomic E-state index is 12.9. The number of rotatable bonds is 4. The molecular weight excluding hydrogens is 377 g/mol. The van der Waals surface area contributed by atoms with Crippen LogP contribution in [0.2, 0.25) is 0 Å². The largest absolute Gasteiger partial charge is 0.433 e. The summed E-state index contributed by atoms with van der Waals surface area (Å²) < 4.78 is 35.7. The van der Waals surface area contributed by atoms with Gasteiger partial charge in [-0.3, -0.25) is 18.7 Å². The maximum Gasteiger partial charge on any atom is 0.433 e. The van der Waals surface area contributed by atoms with E-state index < -0.39 is 26.0 Å². The molecule has 1 aromatic heterocycles. The molecule has 0 saturated carbocycles. The lowest BCUT2D eigenvalue weighted by atomic mass is 10.1. The van der Waals surface area contributed by atoms with Gasteiger partial charge in [-0.1, -0.05) is 25.7 Å². The van der Waals surface area contributed by atoms with Gasteiger partial charge in [0.1, 0.15) is 5.82 Å². The van der Waals surface area contributed by atoms with Crippen molar-refractivity contribution in [3.05, 3.63) is 22.7 Å². The molecule has 0 bridgehead atoms.